The first-order valence-electron chi connectivity index (χ1n) is 29.2. The van der Waals surface area contributed by atoms with Crippen molar-refractivity contribution in [3.05, 3.63) is 152 Å². The van der Waals surface area contributed by atoms with Crippen LogP contribution in [0.1, 0.15) is 117 Å². The second-order valence-corrected chi connectivity index (χ2v) is 24.1. The number of piperidine rings is 1. The summed E-state index contributed by atoms with van der Waals surface area (Å²) in [5, 5.41) is 58.1. The van der Waals surface area contributed by atoms with Crippen LogP contribution in [-0.2, 0) is 14.4 Å². The number of nitrogens with zero attached hydrogens (tertiary/aromatic N) is 7. The highest BCUT2D eigenvalue weighted by molar-refractivity contribution is 6.33. The number of carbonyl (C=O) groups excluding carboxylic acids is 3. The number of aromatic nitrogens is 5. The van der Waals surface area contributed by atoms with Crippen molar-refractivity contribution in [1.82, 2.24) is 40.9 Å². The van der Waals surface area contributed by atoms with Crippen LogP contribution in [0.25, 0.3) is 0 Å². The van der Waals surface area contributed by atoms with Gasteiger partial charge in [-0.2, -0.15) is 4.98 Å². The van der Waals surface area contributed by atoms with Crippen molar-refractivity contribution in [3.8, 4) is 0 Å². The molecular weight excluding hydrogens is 1160 g/mol. The molecule has 1 aliphatic carbocycles. The molecule has 10 N–H and O–H groups in total. The molecule has 20 nitrogen and oxygen atoms in total. The van der Waals surface area contributed by atoms with Gasteiger partial charge < -0.3 is 62.1 Å². The van der Waals surface area contributed by atoms with Gasteiger partial charge in [-0.15, -0.1) is 0 Å². The lowest BCUT2D eigenvalue weighted by Crippen LogP contribution is -2.54. The summed E-state index contributed by atoms with van der Waals surface area (Å²) in [5.41, 5.74) is 7.70. The zero-order chi connectivity index (χ0) is 62.2. The smallest absolute Gasteiger partial charge is 0.227 e. The van der Waals surface area contributed by atoms with Crippen molar-refractivity contribution in [2.75, 3.05) is 78.4 Å². The fraction of sp³-hybridized carbons (Fsp3) is 0.460. The summed E-state index contributed by atoms with van der Waals surface area (Å²) in [6, 6.07) is 23.9. The molecule has 4 unspecified atom stereocenters. The van der Waals surface area contributed by atoms with E-state index in [1.54, 1.807) is 18.3 Å². The Kier molecular flexibility index (Phi) is 24.5. The van der Waals surface area contributed by atoms with E-state index in [1.807, 2.05) is 106 Å². The number of aliphatic hydroxyl groups is 4. The molecule has 2 saturated heterocycles. The third-order valence-electron chi connectivity index (χ3n) is 15.0. The molecule has 2 aliphatic heterocycles. The van der Waals surface area contributed by atoms with Gasteiger partial charge in [0.1, 0.15) is 10.8 Å². The van der Waals surface area contributed by atoms with Crippen LogP contribution in [0.4, 0.5) is 29.2 Å². The molecule has 0 radical (unpaired) electrons. The molecule has 3 aromatic carbocycles. The highest BCUT2D eigenvalue weighted by Gasteiger charge is 2.47. The topological polar surface area (TPSA) is 275 Å². The van der Waals surface area contributed by atoms with Gasteiger partial charge in [-0.1, -0.05) is 107 Å². The van der Waals surface area contributed by atoms with E-state index in [1.165, 1.54) is 11.9 Å². The Balaban J connectivity index is 0.000000185. The van der Waals surface area contributed by atoms with E-state index in [4.69, 9.17) is 39.9 Å². The molecule has 1 saturated carbocycles. The molecule has 462 valence electrons. The van der Waals surface area contributed by atoms with E-state index < -0.39 is 18.1 Å². The molecule has 3 amide bonds. The first kappa shape index (κ1) is 66.6. The molecule has 5 heterocycles. The van der Waals surface area contributed by atoms with Crippen molar-refractivity contribution < 1.29 is 34.8 Å². The predicted molar refractivity (Wildman–Crippen MR) is 340 cm³/mol. The Labute approximate surface area is 519 Å². The molecule has 9 rings (SSSR count). The molecule has 6 aromatic rings. The molecular formula is C63H82Cl3N13O7. The van der Waals surface area contributed by atoms with E-state index in [2.05, 4.69) is 88.6 Å². The van der Waals surface area contributed by atoms with Gasteiger partial charge in [0.15, 0.2) is 5.82 Å². The van der Waals surface area contributed by atoms with Gasteiger partial charge in [0.25, 0.3) is 0 Å². The van der Waals surface area contributed by atoms with Gasteiger partial charge >= 0.3 is 0 Å². The third kappa shape index (κ3) is 18.8. The van der Waals surface area contributed by atoms with Crippen LogP contribution >= 0.6 is 34.8 Å². The lowest BCUT2D eigenvalue weighted by molar-refractivity contribution is -0.127. The summed E-state index contributed by atoms with van der Waals surface area (Å²) in [4.78, 5) is 64.0. The molecule has 0 bridgehead atoms. The lowest BCUT2D eigenvalue weighted by atomic mass is 9.94. The summed E-state index contributed by atoms with van der Waals surface area (Å²) in [5.74, 6) is 1.60. The highest BCUT2D eigenvalue weighted by atomic mass is 35.5. The third-order valence-corrected chi connectivity index (χ3v) is 15.8. The molecule has 0 spiro atoms. The van der Waals surface area contributed by atoms with Crippen molar-refractivity contribution in [2.45, 2.75) is 117 Å². The fourth-order valence-electron chi connectivity index (χ4n) is 10.1. The highest BCUT2D eigenvalue weighted by Crippen LogP contribution is 2.49. The van der Waals surface area contributed by atoms with Gasteiger partial charge in [0, 0.05) is 85.0 Å². The maximum absolute atomic E-state index is 12.8. The van der Waals surface area contributed by atoms with Gasteiger partial charge in [-0.25, -0.2) is 19.9 Å². The number of anilines is 5. The summed E-state index contributed by atoms with van der Waals surface area (Å²) < 4.78 is 0. The number of aliphatic hydroxyl groups excluding tert-OH is 4. The molecule has 3 aliphatic rings. The molecule has 6 atom stereocenters. The number of halogens is 3. The number of hydrogen-bond donors (Lipinski definition) is 10. The van der Waals surface area contributed by atoms with Crippen molar-refractivity contribution in [3.63, 3.8) is 0 Å². The molecule has 3 aromatic heterocycles. The van der Waals surface area contributed by atoms with Crippen LogP contribution in [-0.4, -0.2) is 134 Å². The van der Waals surface area contributed by atoms with Crippen LogP contribution < -0.4 is 41.7 Å². The maximum Gasteiger partial charge on any atom is 0.227 e. The van der Waals surface area contributed by atoms with Crippen molar-refractivity contribution in [1.29, 1.82) is 0 Å². The fourth-order valence-corrected chi connectivity index (χ4v) is 10.7. The van der Waals surface area contributed by atoms with E-state index >= 15 is 0 Å². The molecule has 23 heteroatoms. The van der Waals surface area contributed by atoms with Gasteiger partial charge in [-0.3, -0.25) is 14.4 Å². The normalized spacial score (nSPS) is 17.1. The number of rotatable bonds is 22. The Morgan fingerprint density at radius 3 is 1.74 bits per heavy atom. The SMILES string of the molecule is Cc1ccc(C(CO)NC(=O)C2CN(c3nc(NC(C)C)ncc3Cl)C2)cc1.Cc1cccc([C@@H](CO)NC(=O)C2CC2c2nc(NC(C)CO)ncc2Cl)c1.Cc1cnc(NC(C)C)cc1N1CCC(C(=O)N[C@H](CO)c2cccc(Cl)c2)CC1. The van der Waals surface area contributed by atoms with Gasteiger partial charge in [-0.05, 0) is 109 Å². The Bertz CT molecular complexity index is 3200. The molecule has 3 fully saturated rings. The van der Waals surface area contributed by atoms with Crippen molar-refractivity contribution in [2.24, 2.45) is 17.8 Å². The van der Waals surface area contributed by atoms with Crippen LogP contribution in [0.5, 0.6) is 0 Å². The zero-order valence-electron chi connectivity index (χ0n) is 50.1. The van der Waals surface area contributed by atoms with Gasteiger partial charge in [0.05, 0.1) is 73.6 Å². The average molecular weight is 1240 g/mol. The quantitative estimate of drug-likeness (QED) is 0.0304. The Morgan fingerprint density at radius 2 is 1.15 bits per heavy atom. The standard InChI is InChI=1S/C23H31ClN4O2.C20H26ClN5O2.C20H25ClN4O3/c1-15(2)26-22-12-21(16(3)13-25-22)28-9-7-17(8-10-28)23(30)27-20(14-29)18-5-4-6-19(24)11-18;1-12(2)23-20-22-8-16(21)18(25-20)26-9-15(10-26)19(28)24-17(11-27)14-6-4-13(3)5-7-14;1-11-4-3-5-13(6-11)17(10-27)24-19(28)15-7-14(15)18-16(21)8-22-20(25-18)23-12(2)9-26/h4-6,11-13,15,17,20,29H,7-10,14H2,1-3H3,(H,25,26)(H,27,30);4-8,12,15,17,27H,9-11H2,1-3H3,(H,24,28)(H,22,23,25);3-6,8,12,14-15,17,26-27H,7,9-10H2,1-2H3,(H,24,28)(H,22,23,25)/t20-;;12?,14?,15?,17-/m1.1/s1. The maximum atomic E-state index is 12.8. The number of aryl methyl sites for hydroxylation is 3. The predicted octanol–water partition coefficient (Wildman–Crippen LogP) is 8.66. The first-order valence-corrected chi connectivity index (χ1v) is 30.3. The number of carbonyl (C=O) groups is 3. The largest absolute Gasteiger partial charge is 0.394 e. The number of amides is 3. The van der Waals surface area contributed by atoms with E-state index in [0.29, 0.717) is 64.0 Å². The molecule has 86 heavy (non-hydrogen) atoms. The van der Waals surface area contributed by atoms with Gasteiger partial charge in [0.2, 0.25) is 29.6 Å². The average Bonchev–Trinajstić information content (AvgIpc) is 2.57. The first-order chi connectivity index (χ1) is 41.2. The summed E-state index contributed by atoms with van der Waals surface area (Å²) in [6.07, 6.45) is 7.16. The number of hydrogen-bond acceptors (Lipinski definition) is 17. The minimum atomic E-state index is -0.447. The Morgan fingerprint density at radius 1 is 0.581 bits per heavy atom. The second kappa shape index (κ2) is 31.7. The zero-order valence-corrected chi connectivity index (χ0v) is 52.3. The summed E-state index contributed by atoms with van der Waals surface area (Å²) >= 11 is 18.5. The van der Waals surface area contributed by atoms with Crippen LogP contribution in [0, 0.1) is 38.5 Å². The monoisotopic (exact) mass is 1240 g/mol. The van der Waals surface area contributed by atoms with E-state index in [0.717, 1.165) is 65.1 Å². The number of nitrogens with one attached hydrogen (secondary N) is 6. The summed E-state index contributed by atoms with van der Waals surface area (Å²) in [6.45, 7) is 18.2. The minimum Gasteiger partial charge on any atom is -0.394 e. The number of benzene rings is 3. The lowest BCUT2D eigenvalue weighted by Gasteiger charge is -2.40. The van der Waals surface area contributed by atoms with Crippen LogP contribution in [0.3, 0.4) is 0 Å². The Hall–Kier alpha value is -6.91. The van der Waals surface area contributed by atoms with Crippen LogP contribution in [0.2, 0.25) is 15.1 Å². The number of pyridine rings is 1. The minimum absolute atomic E-state index is 0.0118. The van der Waals surface area contributed by atoms with Crippen LogP contribution in [0.15, 0.2) is 97.5 Å². The van der Waals surface area contributed by atoms with E-state index in [-0.39, 0.29) is 79.9 Å². The second-order valence-electron chi connectivity index (χ2n) is 22.9. The van der Waals surface area contributed by atoms with Crippen molar-refractivity contribution >= 4 is 81.7 Å². The summed E-state index contributed by atoms with van der Waals surface area (Å²) in [7, 11) is 0. The van der Waals surface area contributed by atoms with E-state index in [9.17, 15) is 29.7 Å².